The monoisotopic (exact) mass is 362 g/mol. The highest BCUT2D eigenvalue weighted by molar-refractivity contribution is 9.10. The van der Waals surface area contributed by atoms with E-state index in [0.29, 0.717) is 4.47 Å². The van der Waals surface area contributed by atoms with E-state index in [-0.39, 0.29) is 28.5 Å². The predicted octanol–water partition coefficient (Wildman–Crippen LogP) is 1.89. The van der Waals surface area contributed by atoms with Crippen LogP contribution in [0.2, 0.25) is 0 Å². The summed E-state index contributed by atoms with van der Waals surface area (Å²) >= 11 is 3.25. The molecule has 2 aromatic rings. The van der Waals surface area contributed by atoms with Crippen molar-refractivity contribution in [1.29, 1.82) is 5.26 Å². The van der Waals surface area contributed by atoms with Gasteiger partial charge in [-0.15, -0.1) is 0 Å². The first-order valence-corrected chi connectivity index (χ1v) is 6.92. The Labute approximate surface area is 132 Å². The van der Waals surface area contributed by atoms with Gasteiger partial charge >= 0.3 is 0 Å². The number of H-pyrrole nitrogens is 1. The maximum absolute atomic E-state index is 14.2. The molecule has 0 aliphatic carbocycles. The van der Waals surface area contributed by atoms with Crippen LogP contribution in [0.3, 0.4) is 0 Å². The van der Waals surface area contributed by atoms with Crippen LogP contribution < -0.4 is 16.0 Å². The molecular weight excluding hydrogens is 355 g/mol. The van der Waals surface area contributed by atoms with E-state index in [1.807, 2.05) is 6.07 Å². The number of fused-ring (bicyclic) bond motifs is 1. The normalized spacial score (nSPS) is 16.7. The summed E-state index contributed by atoms with van der Waals surface area (Å²) in [4.78, 5) is 18.4. The molecule has 8 heteroatoms. The van der Waals surface area contributed by atoms with Crippen LogP contribution in [0.4, 0.5) is 4.39 Å². The van der Waals surface area contributed by atoms with Crippen LogP contribution in [0, 0.1) is 17.1 Å². The van der Waals surface area contributed by atoms with Crippen molar-refractivity contribution in [3.63, 3.8) is 0 Å². The molecule has 1 aromatic heterocycles. The van der Waals surface area contributed by atoms with Crippen LogP contribution in [0.15, 0.2) is 45.2 Å². The molecule has 0 saturated carbocycles. The molecule has 0 bridgehead atoms. The lowest BCUT2D eigenvalue weighted by Gasteiger charge is -2.24. The molecule has 6 nitrogen and oxygen atoms in total. The number of nitrogens with zero attached hydrogens (tertiary/aromatic N) is 2. The zero-order chi connectivity index (χ0) is 15.9. The summed E-state index contributed by atoms with van der Waals surface area (Å²) in [5, 5.41) is 9.34. The topological polar surface area (TPSA) is 105 Å². The van der Waals surface area contributed by atoms with Gasteiger partial charge in [0, 0.05) is 10.0 Å². The first-order chi connectivity index (χ1) is 10.5. The summed E-state index contributed by atoms with van der Waals surface area (Å²) in [5.74, 6) is -1.78. The number of aromatic nitrogens is 2. The zero-order valence-corrected chi connectivity index (χ0v) is 12.5. The van der Waals surface area contributed by atoms with Crippen LogP contribution in [-0.4, -0.2) is 9.97 Å². The third kappa shape index (κ3) is 2.16. The van der Waals surface area contributed by atoms with Crippen molar-refractivity contribution in [3.05, 3.63) is 67.8 Å². The maximum atomic E-state index is 14.2. The van der Waals surface area contributed by atoms with Gasteiger partial charge in [-0.1, -0.05) is 15.9 Å². The van der Waals surface area contributed by atoms with Gasteiger partial charge in [-0.3, -0.25) is 4.79 Å². The van der Waals surface area contributed by atoms with Crippen molar-refractivity contribution in [2.75, 3.05) is 0 Å². The van der Waals surface area contributed by atoms with Gasteiger partial charge in [0.25, 0.3) is 5.56 Å². The summed E-state index contributed by atoms with van der Waals surface area (Å²) in [6.45, 7) is 0. The lowest BCUT2D eigenvalue weighted by atomic mass is 9.85. The van der Waals surface area contributed by atoms with Crippen molar-refractivity contribution < 1.29 is 9.13 Å². The Morgan fingerprint density at radius 1 is 1.50 bits per heavy atom. The molecule has 1 atom stereocenters. The van der Waals surface area contributed by atoms with Crippen LogP contribution in [0.5, 0.6) is 5.88 Å². The number of aromatic amines is 1. The summed E-state index contributed by atoms with van der Waals surface area (Å²) in [6.07, 6.45) is 1.15. The van der Waals surface area contributed by atoms with Gasteiger partial charge in [0.15, 0.2) is 0 Å². The Morgan fingerprint density at radius 2 is 2.27 bits per heavy atom. The van der Waals surface area contributed by atoms with Gasteiger partial charge < -0.3 is 15.5 Å². The lowest BCUT2D eigenvalue weighted by molar-refractivity contribution is 0.374. The van der Waals surface area contributed by atoms with E-state index < -0.39 is 17.3 Å². The average molecular weight is 363 g/mol. The fourth-order valence-corrected chi connectivity index (χ4v) is 2.72. The lowest BCUT2D eigenvalue weighted by Crippen LogP contribution is -2.28. The highest BCUT2D eigenvalue weighted by atomic mass is 79.9. The molecule has 0 radical (unpaired) electrons. The van der Waals surface area contributed by atoms with Crippen molar-refractivity contribution >= 4 is 15.9 Å². The van der Waals surface area contributed by atoms with Crippen LogP contribution in [0.25, 0.3) is 0 Å². The Bertz CT molecular complexity index is 900. The van der Waals surface area contributed by atoms with E-state index >= 15 is 0 Å². The number of nitrogens with two attached hydrogens (primary N) is 1. The summed E-state index contributed by atoms with van der Waals surface area (Å²) in [6, 6.07) is 6.14. The Balaban J connectivity index is 2.36. The van der Waals surface area contributed by atoms with Crippen LogP contribution in [-0.2, 0) is 0 Å². The Kier molecular flexibility index (Phi) is 3.42. The summed E-state index contributed by atoms with van der Waals surface area (Å²) in [5.41, 5.74) is 5.34. The van der Waals surface area contributed by atoms with Crippen molar-refractivity contribution in [2.24, 2.45) is 5.73 Å². The van der Waals surface area contributed by atoms with Crippen molar-refractivity contribution in [3.8, 4) is 11.9 Å². The summed E-state index contributed by atoms with van der Waals surface area (Å²) in [7, 11) is 0. The van der Waals surface area contributed by atoms with E-state index in [1.54, 1.807) is 0 Å². The fourth-order valence-electron chi connectivity index (χ4n) is 2.34. The molecule has 1 aliphatic heterocycles. The zero-order valence-electron chi connectivity index (χ0n) is 10.9. The van der Waals surface area contributed by atoms with Crippen LogP contribution >= 0.6 is 15.9 Å². The van der Waals surface area contributed by atoms with Gasteiger partial charge in [-0.2, -0.15) is 5.26 Å². The molecule has 110 valence electrons. The minimum absolute atomic E-state index is 0.0374. The molecule has 0 amide bonds. The van der Waals surface area contributed by atoms with E-state index in [0.717, 1.165) is 6.33 Å². The van der Waals surface area contributed by atoms with Crippen LogP contribution in [0.1, 0.15) is 17.0 Å². The van der Waals surface area contributed by atoms with E-state index in [4.69, 9.17) is 10.5 Å². The first-order valence-electron chi connectivity index (χ1n) is 6.13. The molecule has 0 saturated heterocycles. The minimum atomic E-state index is -0.983. The molecule has 1 aliphatic rings. The molecule has 2 heterocycles. The van der Waals surface area contributed by atoms with E-state index in [9.17, 15) is 14.4 Å². The number of rotatable bonds is 1. The highest BCUT2D eigenvalue weighted by Crippen LogP contribution is 2.40. The smallest absolute Gasteiger partial charge is 0.258 e. The molecular formula is C14H8BrFN4O2. The second-order valence-corrected chi connectivity index (χ2v) is 5.46. The molecule has 1 aromatic carbocycles. The van der Waals surface area contributed by atoms with E-state index in [1.165, 1.54) is 18.2 Å². The first kappa shape index (κ1) is 14.3. The van der Waals surface area contributed by atoms with Gasteiger partial charge in [-0.05, 0) is 18.2 Å². The van der Waals surface area contributed by atoms with Gasteiger partial charge in [0.2, 0.25) is 11.8 Å². The molecule has 3 rings (SSSR count). The number of hydrogen-bond acceptors (Lipinski definition) is 5. The van der Waals surface area contributed by atoms with E-state index in [2.05, 4.69) is 25.9 Å². The van der Waals surface area contributed by atoms with Crippen molar-refractivity contribution in [2.45, 2.75) is 5.92 Å². The quantitative estimate of drug-likeness (QED) is 0.805. The second kappa shape index (κ2) is 5.27. The average Bonchev–Trinajstić information content (AvgIpc) is 2.48. The fraction of sp³-hybridized carbons (Fsp3) is 0.0714. The maximum Gasteiger partial charge on any atom is 0.258 e. The third-order valence-electron chi connectivity index (χ3n) is 3.29. The van der Waals surface area contributed by atoms with Gasteiger partial charge in [0.1, 0.15) is 17.5 Å². The predicted molar refractivity (Wildman–Crippen MR) is 78.3 cm³/mol. The standard InChI is InChI=1S/C14H8BrFN4O2/c15-6-1-2-9(16)7(3-6)10-8(4-17)12(18)22-14-11(10)13(21)19-5-20-14/h1-3,5,10H,18H2,(H,19,20,21)/t10-/m0/s1. The number of halogens is 2. The number of nitriles is 1. The summed E-state index contributed by atoms with van der Waals surface area (Å²) < 4.78 is 20.1. The van der Waals surface area contributed by atoms with Crippen molar-refractivity contribution in [1.82, 2.24) is 9.97 Å². The molecule has 22 heavy (non-hydrogen) atoms. The highest BCUT2D eigenvalue weighted by Gasteiger charge is 2.35. The molecule has 3 N–H and O–H groups in total. The van der Waals surface area contributed by atoms with Gasteiger partial charge in [0.05, 0.1) is 17.8 Å². The largest absolute Gasteiger partial charge is 0.422 e. The number of benzene rings is 1. The number of nitrogens with one attached hydrogen (secondary N) is 1. The number of hydrogen-bond donors (Lipinski definition) is 2. The Hall–Kier alpha value is -2.66. The molecule has 0 unspecified atom stereocenters. The molecule has 0 spiro atoms. The minimum Gasteiger partial charge on any atom is -0.422 e. The third-order valence-corrected chi connectivity index (χ3v) is 3.78. The molecule has 0 fully saturated rings. The second-order valence-electron chi connectivity index (χ2n) is 4.54. The Morgan fingerprint density at radius 3 is 3.00 bits per heavy atom. The SMILES string of the molecule is N#CC1=C(N)Oc2nc[nH]c(=O)c2[C@H]1c1cc(Br)ccc1F. The number of ether oxygens (including phenoxy) is 1. The van der Waals surface area contributed by atoms with Gasteiger partial charge in [-0.25, -0.2) is 9.37 Å². The number of allylic oxidation sites excluding steroid dienone is 1.